The summed E-state index contributed by atoms with van der Waals surface area (Å²) in [6.07, 6.45) is 0. The van der Waals surface area contributed by atoms with E-state index in [1.54, 1.807) is 41.7 Å². The van der Waals surface area contributed by atoms with E-state index in [1.807, 2.05) is 48.7 Å². The Balaban J connectivity index is 1.59. The third-order valence-electron chi connectivity index (χ3n) is 4.34. The number of carbonyl (C=O) groups is 1. The Kier molecular flexibility index (Phi) is 4.72. The van der Waals surface area contributed by atoms with Crippen LogP contribution in [0.1, 0.15) is 5.01 Å². The highest BCUT2D eigenvalue weighted by Crippen LogP contribution is 2.39. The van der Waals surface area contributed by atoms with Crippen LogP contribution in [0.4, 0.5) is 5.69 Å². The van der Waals surface area contributed by atoms with Crippen molar-refractivity contribution in [1.82, 2.24) is 4.98 Å². The zero-order valence-electron chi connectivity index (χ0n) is 15.2. The molecule has 2 aromatic carbocycles. The summed E-state index contributed by atoms with van der Waals surface area (Å²) in [5.41, 5.74) is 1.72. The maximum absolute atomic E-state index is 12.7. The number of amides is 1. The van der Waals surface area contributed by atoms with Gasteiger partial charge in [-0.2, -0.15) is 0 Å². The number of fused-ring (bicyclic) bond motifs is 3. The summed E-state index contributed by atoms with van der Waals surface area (Å²) in [7, 11) is 3.31. The number of aromatic nitrogens is 1. The van der Waals surface area contributed by atoms with E-state index in [4.69, 9.17) is 9.47 Å². The van der Waals surface area contributed by atoms with Crippen LogP contribution in [0.2, 0.25) is 0 Å². The zero-order chi connectivity index (χ0) is 19.0. The summed E-state index contributed by atoms with van der Waals surface area (Å²) in [6.45, 7) is 1.94. The van der Waals surface area contributed by atoms with Crippen LogP contribution in [0.25, 0.3) is 20.3 Å². The molecule has 27 heavy (non-hydrogen) atoms. The first-order valence-corrected chi connectivity index (χ1v) is 10.1. The van der Waals surface area contributed by atoms with Crippen molar-refractivity contribution >= 4 is 54.6 Å². The molecule has 7 heteroatoms. The summed E-state index contributed by atoms with van der Waals surface area (Å²) in [4.78, 5) is 18.8. The van der Waals surface area contributed by atoms with Crippen molar-refractivity contribution < 1.29 is 14.3 Å². The molecule has 0 N–H and O–H groups in total. The van der Waals surface area contributed by atoms with Crippen molar-refractivity contribution in [3.63, 3.8) is 0 Å². The van der Waals surface area contributed by atoms with E-state index in [9.17, 15) is 4.79 Å². The van der Waals surface area contributed by atoms with Gasteiger partial charge in [0.05, 0.1) is 32.7 Å². The fourth-order valence-corrected chi connectivity index (χ4v) is 4.82. The van der Waals surface area contributed by atoms with Crippen molar-refractivity contribution in [3.05, 3.63) is 46.8 Å². The van der Waals surface area contributed by atoms with Crippen LogP contribution < -0.4 is 14.4 Å². The maximum Gasteiger partial charge on any atom is 0.264 e. The van der Waals surface area contributed by atoms with Crippen molar-refractivity contribution in [2.45, 2.75) is 6.92 Å². The Morgan fingerprint density at radius 3 is 2.85 bits per heavy atom. The lowest BCUT2D eigenvalue weighted by Crippen LogP contribution is -2.31. The molecule has 0 saturated carbocycles. The van der Waals surface area contributed by atoms with Crippen molar-refractivity contribution in [1.29, 1.82) is 0 Å². The smallest absolute Gasteiger partial charge is 0.264 e. The van der Waals surface area contributed by atoms with Gasteiger partial charge in [0.2, 0.25) is 0 Å². The van der Waals surface area contributed by atoms with Crippen LogP contribution in [0.5, 0.6) is 11.5 Å². The summed E-state index contributed by atoms with van der Waals surface area (Å²) in [6, 6.07) is 11.4. The average Bonchev–Trinajstić information content (AvgIpc) is 3.30. The third-order valence-corrected chi connectivity index (χ3v) is 6.18. The lowest BCUT2D eigenvalue weighted by atomic mass is 10.2. The number of methoxy groups -OCH3 is 1. The normalized spacial score (nSPS) is 11.1. The number of para-hydroxylation sites is 2. The summed E-state index contributed by atoms with van der Waals surface area (Å²) in [5, 5.41) is 4.03. The number of anilines is 1. The van der Waals surface area contributed by atoms with Gasteiger partial charge in [0.25, 0.3) is 5.91 Å². The van der Waals surface area contributed by atoms with Crippen LogP contribution in [0, 0.1) is 6.92 Å². The summed E-state index contributed by atoms with van der Waals surface area (Å²) in [5.74, 6) is 1.21. The summed E-state index contributed by atoms with van der Waals surface area (Å²) < 4.78 is 13.4. The average molecular weight is 399 g/mol. The molecule has 0 bridgehead atoms. The Labute approximate surface area is 164 Å². The fraction of sp³-hybridized carbons (Fsp3) is 0.200. The van der Waals surface area contributed by atoms with Gasteiger partial charge in [-0.15, -0.1) is 22.7 Å². The molecular weight excluding hydrogens is 380 g/mol. The van der Waals surface area contributed by atoms with Crippen LogP contribution in [-0.4, -0.2) is 31.7 Å². The molecule has 0 fully saturated rings. The minimum atomic E-state index is -0.150. The molecule has 4 rings (SSSR count). The number of rotatable bonds is 5. The number of hydrogen-bond donors (Lipinski definition) is 0. The SMILES string of the molecule is COc1ccccc1N(C)C(=O)COc1cc2sc(C)nc2c2sccc12. The van der Waals surface area contributed by atoms with Crippen LogP contribution in [0.3, 0.4) is 0 Å². The van der Waals surface area contributed by atoms with Crippen LogP contribution >= 0.6 is 22.7 Å². The first-order chi connectivity index (χ1) is 13.1. The van der Waals surface area contributed by atoms with Crippen molar-refractivity contribution in [2.24, 2.45) is 0 Å². The largest absolute Gasteiger partial charge is 0.495 e. The Morgan fingerprint density at radius 2 is 2.04 bits per heavy atom. The molecule has 0 unspecified atom stereocenters. The molecule has 2 aromatic heterocycles. The van der Waals surface area contributed by atoms with E-state index in [1.165, 1.54) is 0 Å². The Bertz CT molecular complexity index is 1130. The molecular formula is C20H18N2O3S2. The predicted molar refractivity (Wildman–Crippen MR) is 112 cm³/mol. The third kappa shape index (κ3) is 3.24. The number of hydrogen-bond acceptors (Lipinski definition) is 6. The molecule has 0 radical (unpaired) electrons. The van der Waals surface area contributed by atoms with Gasteiger partial charge in [-0.25, -0.2) is 4.98 Å². The number of aryl methyl sites for hydroxylation is 1. The molecule has 0 spiro atoms. The molecule has 0 aliphatic rings. The molecule has 5 nitrogen and oxygen atoms in total. The second-order valence-electron chi connectivity index (χ2n) is 6.03. The molecule has 0 saturated heterocycles. The molecule has 0 aliphatic carbocycles. The lowest BCUT2D eigenvalue weighted by molar-refractivity contribution is -0.120. The number of likely N-dealkylation sites (N-methyl/N-ethyl adjacent to an activating group) is 1. The number of benzene rings is 2. The highest BCUT2D eigenvalue weighted by atomic mass is 32.1. The van der Waals surface area contributed by atoms with Crippen molar-refractivity contribution in [2.75, 3.05) is 25.7 Å². The van der Waals surface area contributed by atoms with Gasteiger partial charge in [-0.3, -0.25) is 4.79 Å². The van der Waals surface area contributed by atoms with Gasteiger partial charge in [0, 0.05) is 18.5 Å². The topological polar surface area (TPSA) is 51.7 Å². The molecule has 138 valence electrons. The zero-order valence-corrected chi connectivity index (χ0v) is 16.8. The molecule has 4 aromatic rings. The number of thiophene rings is 1. The second-order valence-corrected chi connectivity index (χ2v) is 8.18. The molecule has 0 atom stereocenters. The van der Waals surface area contributed by atoms with Gasteiger partial charge in [0.1, 0.15) is 11.5 Å². The first kappa shape index (κ1) is 17.8. The van der Waals surface area contributed by atoms with Crippen LogP contribution in [-0.2, 0) is 4.79 Å². The maximum atomic E-state index is 12.7. The number of ether oxygens (including phenoxy) is 2. The molecule has 0 aliphatic heterocycles. The highest BCUT2D eigenvalue weighted by molar-refractivity contribution is 7.21. The van der Waals surface area contributed by atoms with Crippen molar-refractivity contribution in [3.8, 4) is 11.5 Å². The van der Waals surface area contributed by atoms with E-state index in [0.717, 1.165) is 25.3 Å². The second kappa shape index (κ2) is 7.17. The quantitative estimate of drug-likeness (QED) is 0.481. The monoisotopic (exact) mass is 398 g/mol. The Morgan fingerprint density at radius 1 is 1.22 bits per heavy atom. The predicted octanol–water partition coefficient (Wildman–Crippen LogP) is 4.87. The highest BCUT2D eigenvalue weighted by Gasteiger charge is 2.17. The van der Waals surface area contributed by atoms with Gasteiger partial charge in [-0.1, -0.05) is 12.1 Å². The van der Waals surface area contributed by atoms with E-state index >= 15 is 0 Å². The van der Waals surface area contributed by atoms with Gasteiger partial charge in [-0.05, 0) is 30.5 Å². The number of thiazole rings is 1. The van der Waals surface area contributed by atoms with E-state index in [-0.39, 0.29) is 12.5 Å². The van der Waals surface area contributed by atoms with E-state index in [2.05, 4.69) is 4.98 Å². The van der Waals surface area contributed by atoms with Crippen LogP contribution in [0.15, 0.2) is 41.8 Å². The first-order valence-electron chi connectivity index (χ1n) is 8.38. The fourth-order valence-electron chi connectivity index (χ4n) is 2.98. The number of nitrogens with zero attached hydrogens (tertiary/aromatic N) is 2. The number of carbonyl (C=O) groups excluding carboxylic acids is 1. The van der Waals surface area contributed by atoms with Gasteiger partial charge < -0.3 is 14.4 Å². The lowest BCUT2D eigenvalue weighted by Gasteiger charge is -2.20. The minimum absolute atomic E-state index is 0.0528. The standard InChI is InChI=1S/C20H18N2O3S2/c1-12-21-19-17(27-12)10-16(13-8-9-26-20(13)19)25-11-18(23)22(2)14-6-4-5-7-15(14)24-3/h4-10H,11H2,1-3H3. The van der Waals surface area contributed by atoms with E-state index < -0.39 is 0 Å². The van der Waals surface area contributed by atoms with Gasteiger partial charge in [0.15, 0.2) is 6.61 Å². The molecule has 2 heterocycles. The minimum Gasteiger partial charge on any atom is -0.495 e. The summed E-state index contributed by atoms with van der Waals surface area (Å²) >= 11 is 3.27. The Hall–Kier alpha value is -2.64. The van der Waals surface area contributed by atoms with Gasteiger partial charge >= 0.3 is 0 Å². The van der Waals surface area contributed by atoms with E-state index in [0.29, 0.717) is 17.2 Å². The molecule has 1 amide bonds.